The number of aromatic nitrogens is 2. The van der Waals surface area contributed by atoms with Crippen LogP contribution in [0.3, 0.4) is 0 Å². The number of para-hydroxylation sites is 1. The molecule has 36 heavy (non-hydrogen) atoms. The van der Waals surface area contributed by atoms with Crippen molar-refractivity contribution >= 4 is 39.8 Å². The first-order valence-electron chi connectivity index (χ1n) is 11.8. The van der Waals surface area contributed by atoms with Crippen molar-refractivity contribution in [3.05, 3.63) is 85.6 Å². The number of carbonyl (C=O) groups excluding carboxylic acids is 1. The highest BCUT2D eigenvalue weighted by Gasteiger charge is 2.25. The second-order valence-corrected chi connectivity index (χ2v) is 8.70. The molecule has 0 saturated carbocycles. The van der Waals surface area contributed by atoms with E-state index in [0.717, 1.165) is 46.5 Å². The minimum atomic E-state index is -0.300. The van der Waals surface area contributed by atoms with E-state index >= 15 is 0 Å². The quantitative estimate of drug-likeness (QED) is 0.284. The third-order valence-corrected chi connectivity index (χ3v) is 6.11. The third-order valence-electron chi connectivity index (χ3n) is 6.11. The fraction of sp³-hybridized carbons (Fsp3) is 0.179. The molecule has 0 atom stereocenters. The zero-order valence-corrected chi connectivity index (χ0v) is 19.7. The SMILES string of the molecule is C=CC(=O)Nc1cccc(-c2cccc3cnc(Nc4ccc(NC5CN(CCF)C5)cc4)nc23)c1. The van der Waals surface area contributed by atoms with Gasteiger partial charge in [0.05, 0.1) is 11.6 Å². The summed E-state index contributed by atoms with van der Waals surface area (Å²) in [4.78, 5) is 23.1. The number of fused-ring (bicyclic) bond motifs is 1. The van der Waals surface area contributed by atoms with E-state index in [9.17, 15) is 9.18 Å². The molecule has 182 valence electrons. The van der Waals surface area contributed by atoms with Gasteiger partial charge < -0.3 is 16.0 Å². The van der Waals surface area contributed by atoms with E-state index in [4.69, 9.17) is 4.98 Å². The molecule has 0 aliphatic carbocycles. The van der Waals surface area contributed by atoms with E-state index < -0.39 is 0 Å². The maximum atomic E-state index is 12.4. The van der Waals surface area contributed by atoms with E-state index in [1.54, 1.807) is 6.20 Å². The molecular formula is C28H27FN6O. The lowest BCUT2D eigenvalue weighted by Crippen LogP contribution is -2.55. The van der Waals surface area contributed by atoms with Crippen LogP contribution in [-0.4, -0.2) is 53.1 Å². The van der Waals surface area contributed by atoms with Gasteiger partial charge in [-0.25, -0.2) is 14.4 Å². The molecule has 1 saturated heterocycles. The number of carbonyl (C=O) groups is 1. The second kappa shape index (κ2) is 10.5. The van der Waals surface area contributed by atoms with Crippen LogP contribution in [-0.2, 0) is 4.79 Å². The first kappa shape index (κ1) is 23.4. The van der Waals surface area contributed by atoms with Gasteiger partial charge in [-0.15, -0.1) is 0 Å². The summed E-state index contributed by atoms with van der Waals surface area (Å²) >= 11 is 0. The summed E-state index contributed by atoms with van der Waals surface area (Å²) in [7, 11) is 0. The predicted molar refractivity (Wildman–Crippen MR) is 143 cm³/mol. The number of nitrogens with one attached hydrogen (secondary N) is 3. The van der Waals surface area contributed by atoms with Crippen LogP contribution in [0, 0.1) is 0 Å². The topological polar surface area (TPSA) is 82.2 Å². The molecule has 0 radical (unpaired) electrons. The number of nitrogens with zero attached hydrogens (tertiary/aromatic N) is 3. The molecule has 3 N–H and O–H groups in total. The number of hydrogen-bond donors (Lipinski definition) is 3. The monoisotopic (exact) mass is 482 g/mol. The summed E-state index contributed by atoms with van der Waals surface area (Å²) < 4.78 is 12.4. The number of hydrogen-bond acceptors (Lipinski definition) is 6. The molecule has 4 aromatic rings. The van der Waals surface area contributed by atoms with Crippen molar-refractivity contribution < 1.29 is 9.18 Å². The number of likely N-dealkylation sites (tertiary alicyclic amines) is 1. The second-order valence-electron chi connectivity index (χ2n) is 8.70. The Labute approximate surface area is 209 Å². The van der Waals surface area contributed by atoms with Gasteiger partial charge in [0, 0.05) is 53.8 Å². The van der Waals surface area contributed by atoms with Crippen LogP contribution >= 0.6 is 0 Å². The fourth-order valence-electron chi connectivity index (χ4n) is 4.28. The van der Waals surface area contributed by atoms with Crippen LogP contribution in [0.2, 0.25) is 0 Å². The van der Waals surface area contributed by atoms with Gasteiger partial charge in [0.15, 0.2) is 0 Å². The highest BCUT2D eigenvalue weighted by Crippen LogP contribution is 2.30. The molecule has 1 aliphatic heterocycles. The van der Waals surface area contributed by atoms with Crippen molar-refractivity contribution in [3.8, 4) is 11.1 Å². The van der Waals surface area contributed by atoms with Crippen LogP contribution in [0.1, 0.15) is 0 Å². The highest BCUT2D eigenvalue weighted by atomic mass is 19.1. The van der Waals surface area contributed by atoms with Gasteiger partial charge in [0.25, 0.3) is 0 Å². The third kappa shape index (κ3) is 5.34. The van der Waals surface area contributed by atoms with Crippen LogP contribution in [0.15, 0.2) is 85.6 Å². The van der Waals surface area contributed by atoms with Crippen molar-refractivity contribution in [3.63, 3.8) is 0 Å². The Bertz CT molecular complexity index is 1380. The van der Waals surface area contributed by atoms with Crippen molar-refractivity contribution in [2.45, 2.75) is 6.04 Å². The van der Waals surface area contributed by atoms with Crippen molar-refractivity contribution in [2.75, 3.05) is 42.3 Å². The number of benzene rings is 3. The maximum Gasteiger partial charge on any atom is 0.247 e. The molecule has 0 bridgehead atoms. The van der Waals surface area contributed by atoms with Gasteiger partial charge in [-0.2, -0.15) is 0 Å². The fourth-order valence-corrected chi connectivity index (χ4v) is 4.28. The summed E-state index contributed by atoms with van der Waals surface area (Å²) in [6.07, 6.45) is 3.04. The average Bonchev–Trinajstić information content (AvgIpc) is 2.88. The Hall–Kier alpha value is -4.30. The molecule has 0 unspecified atom stereocenters. The van der Waals surface area contributed by atoms with Gasteiger partial charge in [0.1, 0.15) is 6.67 Å². The summed E-state index contributed by atoms with van der Waals surface area (Å²) in [5.74, 6) is 0.235. The van der Waals surface area contributed by atoms with Gasteiger partial charge in [-0.05, 0) is 48.0 Å². The molecular weight excluding hydrogens is 455 g/mol. The van der Waals surface area contributed by atoms with Crippen LogP contribution < -0.4 is 16.0 Å². The smallest absolute Gasteiger partial charge is 0.247 e. The Balaban J connectivity index is 1.32. The van der Waals surface area contributed by atoms with E-state index in [2.05, 4.69) is 32.4 Å². The number of alkyl halides is 1. The Kier molecular flexibility index (Phi) is 6.86. The van der Waals surface area contributed by atoms with Crippen LogP contribution in [0.5, 0.6) is 0 Å². The molecule has 1 fully saturated rings. The molecule has 3 aromatic carbocycles. The van der Waals surface area contributed by atoms with Gasteiger partial charge in [0.2, 0.25) is 11.9 Å². The van der Waals surface area contributed by atoms with E-state index in [0.29, 0.717) is 24.2 Å². The Morgan fingerprint density at radius 1 is 1.06 bits per heavy atom. The summed E-state index contributed by atoms with van der Waals surface area (Å²) in [5, 5.41) is 10.5. The zero-order chi connectivity index (χ0) is 24.9. The molecule has 2 heterocycles. The first-order chi connectivity index (χ1) is 17.6. The Morgan fingerprint density at radius 2 is 1.83 bits per heavy atom. The first-order valence-corrected chi connectivity index (χ1v) is 11.8. The molecule has 0 spiro atoms. The van der Waals surface area contributed by atoms with E-state index in [1.807, 2.05) is 66.7 Å². The van der Waals surface area contributed by atoms with E-state index in [1.165, 1.54) is 6.08 Å². The Morgan fingerprint density at radius 3 is 2.61 bits per heavy atom. The molecule has 7 nitrogen and oxygen atoms in total. The number of rotatable bonds is 9. The van der Waals surface area contributed by atoms with Gasteiger partial charge in [-0.3, -0.25) is 9.69 Å². The largest absolute Gasteiger partial charge is 0.380 e. The maximum absolute atomic E-state index is 12.4. The standard InChI is InChI=1S/C28H27FN6O/c1-2-26(36)32-23-7-3-5-19(15-23)25-8-4-6-20-16-30-28(34-27(20)25)33-22-11-9-21(10-12-22)31-24-17-35(18-24)14-13-29/h2-12,15-16,24,31H,1,13-14,17-18H2,(H,32,36)(H,30,33,34). The lowest BCUT2D eigenvalue weighted by Gasteiger charge is -2.39. The van der Waals surface area contributed by atoms with Crippen molar-refractivity contribution in [1.82, 2.24) is 14.9 Å². The summed E-state index contributed by atoms with van der Waals surface area (Å²) in [6.45, 7) is 5.43. The summed E-state index contributed by atoms with van der Waals surface area (Å²) in [5.41, 5.74) is 5.27. The number of halogens is 1. The van der Waals surface area contributed by atoms with Crippen LogP contribution in [0.25, 0.3) is 22.0 Å². The van der Waals surface area contributed by atoms with Crippen LogP contribution in [0.4, 0.5) is 27.4 Å². The minimum Gasteiger partial charge on any atom is -0.380 e. The average molecular weight is 483 g/mol. The van der Waals surface area contributed by atoms with Crippen molar-refractivity contribution in [1.29, 1.82) is 0 Å². The minimum absolute atomic E-state index is 0.258. The number of amides is 1. The lowest BCUT2D eigenvalue weighted by molar-refractivity contribution is -0.111. The van der Waals surface area contributed by atoms with E-state index in [-0.39, 0.29) is 12.6 Å². The molecule has 8 heteroatoms. The zero-order valence-electron chi connectivity index (χ0n) is 19.7. The highest BCUT2D eigenvalue weighted by molar-refractivity contribution is 6.00. The normalized spacial score (nSPS) is 13.7. The summed E-state index contributed by atoms with van der Waals surface area (Å²) in [6, 6.07) is 21.9. The molecule has 5 rings (SSSR count). The predicted octanol–water partition coefficient (Wildman–Crippen LogP) is 5.23. The van der Waals surface area contributed by atoms with Gasteiger partial charge in [-0.1, -0.05) is 36.9 Å². The lowest BCUT2D eigenvalue weighted by atomic mass is 10.0. The molecule has 1 aromatic heterocycles. The van der Waals surface area contributed by atoms with Gasteiger partial charge >= 0.3 is 0 Å². The number of anilines is 4. The molecule has 1 amide bonds. The molecule has 1 aliphatic rings. The van der Waals surface area contributed by atoms with Crippen molar-refractivity contribution in [2.24, 2.45) is 0 Å².